The van der Waals surface area contributed by atoms with Crippen molar-refractivity contribution in [2.75, 3.05) is 0 Å². The molecule has 1 aliphatic rings. The molecule has 0 amide bonds. The minimum Gasteiger partial charge on any atom is -0.476 e. The highest BCUT2D eigenvalue weighted by Crippen LogP contribution is 2.34. The van der Waals surface area contributed by atoms with Gasteiger partial charge in [-0.25, -0.2) is 14.3 Å². The molecule has 22 heavy (non-hydrogen) atoms. The van der Waals surface area contributed by atoms with Crippen molar-refractivity contribution < 1.29 is 19.0 Å². The normalized spacial score (nSPS) is 21.5. The van der Waals surface area contributed by atoms with E-state index in [1.54, 1.807) is 0 Å². The number of halogens is 1. The molecule has 0 unspecified atom stereocenters. The summed E-state index contributed by atoms with van der Waals surface area (Å²) in [6.45, 7) is 0. The second kappa shape index (κ2) is 6.13. The first-order valence-electron chi connectivity index (χ1n) is 7.20. The number of nitrogens with zero attached hydrogens (tertiary/aromatic N) is 2. The quantitative estimate of drug-likeness (QED) is 0.906. The Kier molecular flexibility index (Phi) is 4.04. The van der Waals surface area contributed by atoms with Crippen molar-refractivity contribution in [3.63, 3.8) is 0 Å². The zero-order chi connectivity index (χ0) is 15.5. The molecule has 1 aliphatic carbocycles. The number of benzene rings is 1. The molecule has 0 radical (unpaired) electrons. The molecule has 1 saturated carbocycles. The van der Waals surface area contributed by atoms with Gasteiger partial charge in [-0.1, -0.05) is 22.4 Å². The molecule has 0 spiro atoms. The van der Waals surface area contributed by atoms with E-state index in [0.717, 1.165) is 31.2 Å². The third-order valence-corrected chi connectivity index (χ3v) is 4.02. The Bertz CT molecular complexity index is 648. The highest BCUT2D eigenvalue weighted by molar-refractivity contribution is 5.87. The maximum absolute atomic E-state index is 12.9. The monoisotopic (exact) mass is 305 g/mol. The van der Waals surface area contributed by atoms with Gasteiger partial charge in [-0.3, -0.25) is 0 Å². The van der Waals surface area contributed by atoms with Gasteiger partial charge in [0.25, 0.3) is 5.88 Å². The topological polar surface area (TPSA) is 88.1 Å². The van der Waals surface area contributed by atoms with Gasteiger partial charge in [0.05, 0.1) is 0 Å². The van der Waals surface area contributed by atoms with E-state index in [-0.39, 0.29) is 23.5 Å². The predicted molar refractivity (Wildman–Crippen MR) is 75.4 cm³/mol. The van der Waals surface area contributed by atoms with Crippen molar-refractivity contribution in [3.05, 3.63) is 41.3 Å². The maximum Gasteiger partial charge on any atom is 0.359 e. The largest absolute Gasteiger partial charge is 0.476 e. The minimum atomic E-state index is -1.14. The highest BCUT2D eigenvalue weighted by Gasteiger charge is 2.26. The second-order valence-corrected chi connectivity index (χ2v) is 5.44. The van der Waals surface area contributed by atoms with Gasteiger partial charge in [0.15, 0.2) is 0 Å². The molecule has 1 aromatic heterocycles. The zero-order valence-electron chi connectivity index (χ0n) is 11.8. The fraction of sp³-hybridized carbons (Fsp3) is 0.400. The lowest BCUT2D eigenvalue weighted by Crippen LogP contribution is -2.24. The number of hydrogen-bond acceptors (Lipinski definition) is 4. The second-order valence-electron chi connectivity index (χ2n) is 5.44. The van der Waals surface area contributed by atoms with Gasteiger partial charge in [0, 0.05) is 0 Å². The highest BCUT2D eigenvalue weighted by atomic mass is 19.1. The van der Waals surface area contributed by atoms with Crippen molar-refractivity contribution in [3.8, 4) is 5.88 Å². The molecule has 2 N–H and O–H groups in total. The number of rotatable bonds is 4. The SMILES string of the molecule is O=C(O)c1[nH]nnc1OC1CCC(c2ccc(F)cc2)CC1. The summed E-state index contributed by atoms with van der Waals surface area (Å²) < 4.78 is 18.6. The molecule has 116 valence electrons. The van der Waals surface area contributed by atoms with Crippen LogP contribution in [0.1, 0.15) is 47.7 Å². The average Bonchev–Trinajstić information content (AvgIpc) is 2.97. The van der Waals surface area contributed by atoms with Crippen LogP contribution in [0.25, 0.3) is 0 Å². The van der Waals surface area contributed by atoms with Crippen molar-refractivity contribution in [1.29, 1.82) is 0 Å². The summed E-state index contributed by atoms with van der Waals surface area (Å²) in [5.41, 5.74) is 1.01. The van der Waals surface area contributed by atoms with E-state index < -0.39 is 5.97 Å². The van der Waals surface area contributed by atoms with E-state index in [4.69, 9.17) is 9.84 Å². The van der Waals surface area contributed by atoms with Crippen molar-refractivity contribution in [1.82, 2.24) is 15.4 Å². The van der Waals surface area contributed by atoms with Gasteiger partial charge in [0.1, 0.15) is 11.9 Å². The van der Waals surface area contributed by atoms with E-state index in [9.17, 15) is 9.18 Å². The van der Waals surface area contributed by atoms with Crippen molar-refractivity contribution in [2.24, 2.45) is 0 Å². The van der Waals surface area contributed by atoms with Gasteiger partial charge in [-0.05, 0) is 49.3 Å². The van der Waals surface area contributed by atoms with Crippen LogP contribution in [0, 0.1) is 5.82 Å². The van der Waals surface area contributed by atoms with Crippen LogP contribution in [-0.4, -0.2) is 32.6 Å². The van der Waals surface area contributed by atoms with Crippen LogP contribution in [0.3, 0.4) is 0 Å². The maximum atomic E-state index is 12.9. The number of hydrogen-bond donors (Lipinski definition) is 2. The van der Waals surface area contributed by atoms with Crippen LogP contribution in [0.15, 0.2) is 24.3 Å². The lowest BCUT2D eigenvalue weighted by atomic mass is 9.83. The molecule has 3 rings (SSSR count). The summed E-state index contributed by atoms with van der Waals surface area (Å²) in [6, 6.07) is 6.60. The van der Waals surface area contributed by atoms with Crippen LogP contribution in [0.5, 0.6) is 5.88 Å². The fourth-order valence-corrected chi connectivity index (χ4v) is 2.85. The molecular weight excluding hydrogens is 289 g/mol. The summed E-state index contributed by atoms with van der Waals surface area (Å²) in [5, 5.41) is 18.4. The van der Waals surface area contributed by atoms with E-state index in [0.29, 0.717) is 5.92 Å². The molecule has 2 aromatic rings. The number of carbonyl (C=O) groups is 1. The summed E-state index contributed by atoms with van der Waals surface area (Å²) in [5.74, 6) is -0.942. The van der Waals surface area contributed by atoms with Gasteiger partial charge >= 0.3 is 5.97 Å². The van der Waals surface area contributed by atoms with Crippen LogP contribution in [0.4, 0.5) is 4.39 Å². The Morgan fingerprint density at radius 1 is 1.23 bits per heavy atom. The van der Waals surface area contributed by atoms with Crippen molar-refractivity contribution >= 4 is 5.97 Å². The third kappa shape index (κ3) is 3.08. The number of nitrogens with one attached hydrogen (secondary N) is 1. The van der Waals surface area contributed by atoms with Gasteiger partial charge in [-0.15, -0.1) is 0 Å². The summed E-state index contributed by atoms with van der Waals surface area (Å²) in [4.78, 5) is 11.0. The van der Waals surface area contributed by atoms with Gasteiger partial charge in [-0.2, -0.15) is 0 Å². The molecule has 7 heteroatoms. The van der Waals surface area contributed by atoms with Gasteiger partial charge in [0.2, 0.25) is 5.69 Å². The average molecular weight is 305 g/mol. The Balaban J connectivity index is 1.59. The molecule has 1 aromatic carbocycles. The molecule has 0 atom stereocenters. The summed E-state index contributed by atoms with van der Waals surface area (Å²) in [7, 11) is 0. The Morgan fingerprint density at radius 2 is 1.91 bits per heavy atom. The molecule has 0 bridgehead atoms. The smallest absolute Gasteiger partial charge is 0.359 e. The van der Waals surface area contributed by atoms with Crippen molar-refractivity contribution in [2.45, 2.75) is 37.7 Å². The standard InChI is InChI=1S/C15H16FN3O3/c16-11-5-1-9(2-6-11)10-3-7-12(8-4-10)22-14-13(15(20)21)17-19-18-14/h1-2,5-6,10,12H,3-4,7-8H2,(H,20,21)(H,17,18,19). The predicted octanol–water partition coefficient (Wildman–Crippen LogP) is 2.75. The molecule has 0 aliphatic heterocycles. The zero-order valence-corrected chi connectivity index (χ0v) is 11.8. The van der Waals surface area contributed by atoms with E-state index in [1.807, 2.05) is 12.1 Å². The number of carboxylic acid groups (broad SMARTS) is 1. The Labute approximate surface area is 126 Å². The number of aromatic carboxylic acids is 1. The van der Waals surface area contributed by atoms with Crippen LogP contribution in [-0.2, 0) is 0 Å². The lowest BCUT2D eigenvalue weighted by Gasteiger charge is -2.28. The molecule has 6 nitrogen and oxygen atoms in total. The number of ether oxygens (including phenoxy) is 1. The van der Waals surface area contributed by atoms with E-state index in [1.165, 1.54) is 12.1 Å². The van der Waals surface area contributed by atoms with E-state index >= 15 is 0 Å². The Morgan fingerprint density at radius 3 is 2.55 bits per heavy atom. The third-order valence-electron chi connectivity index (χ3n) is 4.02. The number of carboxylic acids is 1. The number of aromatic nitrogens is 3. The lowest BCUT2D eigenvalue weighted by molar-refractivity contribution is 0.0678. The van der Waals surface area contributed by atoms with Crippen LogP contribution < -0.4 is 4.74 Å². The Hall–Kier alpha value is -2.44. The summed E-state index contributed by atoms with van der Waals surface area (Å²) >= 11 is 0. The number of H-pyrrole nitrogens is 1. The van der Waals surface area contributed by atoms with Crippen LogP contribution in [0.2, 0.25) is 0 Å². The first-order chi connectivity index (χ1) is 10.6. The molecule has 1 fully saturated rings. The van der Waals surface area contributed by atoms with E-state index in [2.05, 4.69) is 15.4 Å². The minimum absolute atomic E-state index is 0.0396. The molecular formula is C15H16FN3O3. The van der Waals surface area contributed by atoms with Gasteiger partial charge < -0.3 is 9.84 Å². The first kappa shape index (κ1) is 14.5. The molecule has 1 heterocycles. The summed E-state index contributed by atoms with van der Waals surface area (Å²) in [6.07, 6.45) is 3.36. The number of aromatic amines is 1. The first-order valence-corrected chi connectivity index (χ1v) is 7.20. The fourth-order valence-electron chi connectivity index (χ4n) is 2.85. The van der Waals surface area contributed by atoms with Crippen LogP contribution >= 0.6 is 0 Å². The molecule has 0 saturated heterocycles.